The molecular weight excluding hydrogens is 292 g/mol. The predicted octanol–water partition coefficient (Wildman–Crippen LogP) is 4.55. The highest BCUT2D eigenvalue weighted by atomic mass is 35.5. The molecule has 5 heteroatoms. The van der Waals surface area contributed by atoms with Gasteiger partial charge in [-0.05, 0) is 37.7 Å². The van der Waals surface area contributed by atoms with Gasteiger partial charge in [0.1, 0.15) is 17.4 Å². The molecule has 20 heavy (non-hydrogen) atoms. The van der Waals surface area contributed by atoms with Gasteiger partial charge in [-0.2, -0.15) is 0 Å². The third-order valence-electron chi connectivity index (χ3n) is 3.12. The standard InChI is InChI=1S/C15H15ClN2OS/c1-3-17-15(12-8-20-9(2)18-12)14-7-10-6-11(16)4-5-13(10)19-14/h4-8,15,17H,3H2,1-2H3. The number of aryl methyl sites for hydroxylation is 1. The van der Waals surface area contributed by atoms with Gasteiger partial charge in [-0.1, -0.05) is 18.5 Å². The van der Waals surface area contributed by atoms with Crippen molar-refractivity contribution in [2.75, 3.05) is 6.54 Å². The average Bonchev–Trinajstić information content (AvgIpc) is 3.01. The first-order chi connectivity index (χ1) is 9.67. The molecule has 3 rings (SSSR count). The van der Waals surface area contributed by atoms with Gasteiger partial charge in [0.05, 0.1) is 10.7 Å². The van der Waals surface area contributed by atoms with Crippen molar-refractivity contribution >= 4 is 33.9 Å². The van der Waals surface area contributed by atoms with Crippen LogP contribution in [-0.2, 0) is 0 Å². The molecule has 3 nitrogen and oxygen atoms in total. The van der Waals surface area contributed by atoms with E-state index >= 15 is 0 Å². The zero-order valence-corrected chi connectivity index (χ0v) is 12.9. The molecule has 0 saturated heterocycles. The topological polar surface area (TPSA) is 38.1 Å². The Kier molecular flexibility index (Phi) is 3.78. The maximum Gasteiger partial charge on any atom is 0.134 e. The van der Waals surface area contributed by atoms with Gasteiger partial charge < -0.3 is 9.73 Å². The molecule has 1 unspecified atom stereocenters. The van der Waals surface area contributed by atoms with Crippen LogP contribution in [0.25, 0.3) is 11.0 Å². The summed E-state index contributed by atoms with van der Waals surface area (Å²) >= 11 is 7.67. The van der Waals surface area contributed by atoms with Crippen molar-refractivity contribution in [1.29, 1.82) is 0 Å². The Labute approximate surface area is 126 Å². The molecule has 1 aromatic carbocycles. The highest BCUT2D eigenvalue weighted by molar-refractivity contribution is 7.09. The second-order valence-corrected chi connectivity index (χ2v) is 6.11. The monoisotopic (exact) mass is 306 g/mol. The van der Waals surface area contributed by atoms with E-state index in [2.05, 4.69) is 22.6 Å². The van der Waals surface area contributed by atoms with Crippen molar-refractivity contribution in [3.63, 3.8) is 0 Å². The van der Waals surface area contributed by atoms with E-state index in [-0.39, 0.29) is 6.04 Å². The van der Waals surface area contributed by atoms with Gasteiger partial charge in [0, 0.05) is 15.8 Å². The van der Waals surface area contributed by atoms with Gasteiger partial charge >= 0.3 is 0 Å². The molecule has 2 heterocycles. The second kappa shape index (κ2) is 5.56. The molecule has 0 aliphatic carbocycles. The zero-order valence-electron chi connectivity index (χ0n) is 11.3. The van der Waals surface area contributed by atoms with E-state index in [0.29, 0.717) is 5.02 Å². The van der Waals surface area contributed by atoms with E-state index in [4.69, 9.17) is 16.0 Å². The lowest BCUT2D eigenvalue weighted by molar-refractivity contribution is 0.472. The zero-order chi connectivity index (χ0) is 14.1. The van der Waals surface area contributed by atoms with E-state index in [0.717, 1.165) is 34.0 Å². The van der Waals surface area contributed by atoms with E-state index in [1.807, 2.05) is 31.2 Å². The van der Waals surface area contributed by atoms with Crippen LogP contribution < -0.4 is 5.32 Å². The summed E-state index contributed by atoms with van der Waals surface area (Å²) in [6, 6.07) is 7.67. The molecule has 0 amide bonds. The van der Waals surface area contributed by atoms with Crippen molar-refractivity contribution < 1.29 is 4.42 Å². The fourth-order valence-electron chi connectivity index (χ4n) is 2.24. The molecule has 104 valence electrons. The van der Waals surface area contributed by atoms with Crippen LogP contribution in [0.15, 0.2) is 34.1 Å². The number of rotatable bonds is 4. The molecule has 0 radical (unpaired) electrons. The Morgan fingerprint density at radius 2 is 2.25 bits per heavy atom. The Morgan fingerprint density at radius 3 is 2.95 bits per heavy atom. The normalized spacial score (nSPS) is 12.9. The van der Waals surface area contributed by atoms with Gasteiger partial charge in [-0.15, -0.1) is 11.3 Å². The fraction of sp³-hybridized carbons (Fsp3) is 0.267. The summed E-state index contributed by atoms with van der Waals surface area (Å²) in [7, 11) is 0. The van der Waals surface area contributed by atoms with Crippen molar-refractivity contribution in [2.45, 2.75) is 19.9 Å². The second-order valence-electron chi connectivity index (χ2n) is 4.61. The number of benzene rings is 1. The van der Waals surface area contributed by atoms with Crippen LogP contribution in [0.3, 0.4) is 0 Å². The quantitative estimate of drug-likeness (QED) is 0.768. The lowest BCUT2D eigenvalue weighted by Gasteiger charge is -2.12. The number of hydrogen-bond acceptors (Lipinski definition) is 4. The van der Waals surface area contributed by atoms with Gasteiger partial charge in [0.25, 0.3) is 0 Å². The summed E-state index contributed by atoms with van der Waals surface area (Å²) in [5.74, 6) is 0.870. The number of fused-ring (bicyclic) bond motifs is 1. The van der Waals surface area contributed by atoms with Crippen molar-refractivity contribution in [3.8, 4) is 0 Å². The molecule has 0 saturated carbocycles. The molecule has 0 bridgehead atoms. The van der Waals surface area contributed by atoms with Crippen LogP contribution in [0.4, 0.5) is 0 Å². The Hall–Kier alpha value is -1.36. The molecule has 0 aliphatic heterocycles. The van der Waals surface area contributed by atoms with Crippen molar-refractivity contribution in [3.05, 3.63) is 51.1 Å². The number of nitrogens with one attached hydrogen (secondary N) is 1. The predicted molar refractivity (Wildman–Crippen MR) is 83.6 cm³/mol. The first kappa shape index (κ1) is 13.6. The smallest absolute Gasteiger partial charge is 0.134 e. The first-order valence-electron chi connectivity index (χ1n) is 6.52. The molecule has 2 aromatic heterocycles. The summed E-state index contributed by atoms with van der Waals surface area (Å²) in [4.78, 5) is 4.56. The maximum absolute atomic E-state index is 6.02. The van der Waals surface area contributed by atoms with Gasteiger partial charge in [-0.25, -0.2) is 4.98 Å². The Morgan fingerprint density at radius 1 is 1.40 bits per heavy atom. The number of nitrogens with zero attached hydrogens (tertiary/aromatic N) is 1. The number of thiazole rings is 1. The molecular formula is C15H15ClN2OS. The van der Waals surface area contributed by atoms with E-state index in [1.54, 1.807) is 11.3 Å². The minimum atomic E-state index is -0.0175. The number of hydrogen-bond donors (Lipinski definition) is 1. The van der Waals surface area contributed by atoms with Crippen LogP contribution in [0.2, 0.25) is 5.02 Å². The van der Waals surface area contributed by atoms with Crippen molar-refractivity contribution in [2.24, 2.45) is 0 Å². The van der Waals surface area contributed by atoms with Crippen LogP contribution >= 0.6 is 22.9 Å². The van der Waals surface area contributed by atoms with E-state index in [9.17, 15) is 0 Å². The summed E-state index contributed by atoms with van der Waals surface area (Å²) in [6.07, 6.45) is 0. The van der Waals surface area contributed by atoms with E-state index < -0.39 is 0 Å². The van der Waals surface area contributed by atoms with Crippen LogP contribution in [0.1, 0.15) is 29.4 Å². The van der Waals surface area contributed by atoms with Gasteiger partial charge in [-0.3, -0.25) is 0 Å². The average molecular weight is 307 g/mol. The largest absolute Gasteiger partial charge is 0.459 e. The lowest BCUT2D eigenvalue weighted by Crippen LogP contribution is -2.21. The Balaban J connectivity index is 2.04. The molecule has 1 atom stereocenters. The molecule has 0 aliphatic rings. The SMILES string of the molecule is CCNC(c1csc(C)n1)c1cc2cc(Cl)ccc2o1. The molecule has 3 aromatic rings. The highest BCUT2D eigenvalue weighted by Gasteiger charge is 2.20. The number of aromatic nitrogens is 1. The molecule has 0 fully saturated rings. The minimum Gasteiger partial charge on any atom is -0.459 e. The van der Waals surface area contributed by atoms with Crippen molar-refractivity contribution in [1.82, 2.24) is 10.3 Å². The minimum absolute atomic E-state index is 0.0175. The van der Waals surface area contributed by atoms with E-state index in [1.165, 1.54) is 0 Å². The Bertz CT molecular complexity index is 734. The third-order valence-corrected chi connectivity index (χ3v) is 4.15. The fourth-order valence-corrected chi connectivity index (χ4v) is 3.06. The van der Waals surface area contributed by atoms with Gasteiger partial charge in [0.2, 0.25) is 0 Å². The lowest BCUT2D eigenvalue weighted by atomic mass is 10.1. The first-order valence-corrected chi connectivity index (χ1v) is 7.77. The number of halogens is 1. The van der Waals surface area contributed by atoms with Crippen LogP contribution in [0.5, 0.6) is 0 Å². The summed E-state index contributed by atoms with van der Waals surface area (Å²) < 4.78 is 5.94. The third kappa shape index (κ3) is 2.59. The van der Waals surface area contributed by atoms with Gasteiger partial charge in [0.15, 0.2) is 0 Å². The molecule has 1 N–H and O–H groups in total. The highest BCUT2D eigenvalue weighted by Crippen LogP contribution is 2.30. The number of furan rings is 1. The van der Waals surface area contributed by atoms with Crippen LogP contribution in [0, 0.1) is 6.92 Å². The summed E-state index contributed by atoms with van der Waals surface area (Å²) in [5, 5.41) is 8.28. The maximum atomic E-state index is 6.02. The van der Waals surface area contributed by atoms with Crippen LogP contribution in [-0.4, -0.2) is 11.5 Å². The summed E-state index contributed by atoms with van der Waals surface area (Å²) in [5.41, 5.74) is 1.85. The molecule has 0 spiro atoms. The summed E-state index contributed by atoms with van der Waals surface area (Å²) in [6.45, 7) is 4.93.